The number of aromatic nitrogens is 4. The second-order valence-corrected chi connectivity index (χ2v) is 5.56. The molecule has 0 atom stereocenters. The van der Waals surface area contributed by atoms with Crippen molar-refractivity contribution in [2.45, 2.75) is 32.7 Å². The molecule has 2 heterocycles. The van der Waals surface area contributed by atoms with Crippen LogP contribution in [0.5, 0.6) is 0 Å². The number of imide groups is 1. The lowest BCUT2D eigenvalue weighted by atomic mass is 10.4. The Kier molecular flexibility index (Phi) is 4.11. The van der Waals surface area contributed by atoms with Gasteiger partial charge in [-0.2, -0.15) is 4.98 Å². The van der Waals surface area contributed by atoms with E-state index in [0.717, 1.165) is 24.2 Å². The number of ether oxygens (including phenoxy) is 1. The van der Waals surface area contributed by atoms with Crippen molar-refractivity contribution in [3.8, 4) is 0 Å². The van der Waals surface area contributed by atoms with Gasteiger partial charge < -0.3 is 10.1 Å². The average molecular weight is 332 g/mol. The van der Waals surface area contributed by atoms with E-state index in [1.807, 2.05) is 0 Å². The van der Waals surface area contributed by atoms with Crippen LogP contribution in [0.2, 0.25) is 0 Å². The Morgan fingerprint density at radius 1 is 1.29 bits per heavy atom. The Labute approximate surface area is 136 Å². The number of hydrogen-bond donors (Lipinski definition) is 2. The molecule has 1 aliphatic carbocycles. The minimum absolute atomic E-state index is 0.127. The maximum Gasteiger partial charge on any atom is 0.378 e. The van der Waals surface area contributed by atoms with Crippen LogP contribution in [-0.2, 0) is 9.53 Å². The number of hydrogen-bond acceptors (Lipinski definition) is 7. The van der Waals surface area contributed by atoms with Crippen molar-refractivity contribution in [3.05, 3.63) is 23.3 Å². The van der Waals surface area contributed by atoms with E-state index in [2.05, 4.69) is 25.7 Å². The molecule has 2 aromatic heterocycles. The molecule has 126 valence electrons. The van der Waals surface area contributed by atoms with Crippen LogP contribution in [0, 0.1) is 13.8 Å². The molecule has 1 aliphatic rings. The number of nitrogens with zero attached hydrogens (tertiary/aromatic N) is 4. The molecule has 10 heteroatoms. The predicted octanol–water partition coefficient (Wildman–Crippen LogP) is -0.114. The van der Waals surface area contributed by atoms with Crippen LogP contribution < -0.4 is 10.6 Å². The second kappa shape index (κ2) is 6.22. The molecule has 2 aromatic rings. The quantitative estimate of drug-likeness (QED) is 0.747. The van der Waals surface area contributed by atoms with Crippen LogP contribution in [0.15, 0.2) is 6.07 Å². The normalized spacial score (nSPS) is 13.6. The molecule has 10 nitrogen and oxygen atoms in total. The van der Waals surface area contributed by atoms with E-state index in [1.165, 1.54) is 4.52 Å². The van der Waals surface area contributed by atoms with Crippen molar-refractivity contribution in [2.75, 3.05) is 6.61 Å². The molecule has 0 saturated heterocycles. The highest BCUT2D eigenvalue weighted by molar-refractivity contribution is 5.96. The molecule has 0 aliphatic heterocycles. The van der Waals surface area contributed by atoms with Gasteiger partial charge in [-0.15, -0.1) is 5.10 Å². The first-order valence-electron chi connectivity index (χ1n) is 7.41. The standard InChI is InChI=1S/C14H16N6O4/c1-7-5-8(2)20-13(15-7)18-11(19-20)12(22)24-6-10(21)17-14(23)16-9-3-4-9/h5,9H,3-4,6H2,1-2H3,(H2,16,17,21,23). The maximum absolute atomic E-state index is 11.9. The van der Waals surface area contributed by atoms with Crippen molar-refractivity contribution in [1.29, 1.82) is 0 Å². The van der Waals surface area contributed by atoms with Crippen molar-refractivity contribution >= 4 is 23.7 Å². The SMILES string of the molecule is Cc1cc(C)n2nc(C(=O)OCC(=O)NC(=O)NC3CC3)nc2n1. The van der Waals surface area contributed by atoms with Crippen LogP contribution in [0.4, 0.5) is 4.79 Å². The highest BCUT2D eigenvalue weighted by Gasteiger charge is 2.24. The third-order valence-electron chi connectivity index (χ3n) is 3.30. The first kappa shape index (κ1) is 15.8. The number of aryl methyl sites for hydroxylation is 2. The summed E-state index contributed by atoms with van der Waals surface area (Å²) < 4.78 is 6.22. The van der Waals surface area contributed by atoms with Gasteiger partial charge in [0.05, 0.1) is 0 Å². The summed E-state index contributed by atoms with van der Waals surface area (Å²) in [6.07, 6.45) is 1.81. The van der Waals surface area contributed by atoms with Gasteiger partial charge in [0.1, 0.15) is 0 Å². The van der Waals surface area contributed by atoms with E-state index < -0.39 is 24.5 Å². The van der Waals surface area contributed by atoms with Gasteiger partial charge in [0.15, 0.2) is 6.61 Å². The fourth-order valence-corrected chi connectivity index (χ4v) is 2.06. The lowest BCUT2D eigenvalue weighted by Gasteiger charge is -2.05. The highest BCUT2D eigenvalue weighted by Crippen LogP contribution is 2.18. The largest absolute Gasteiger partial charge is 0.450 e. The Morgan fingerprint density at radius 2 is 2.04 bits per heavy atom. The van der Waals surface area contributed by atoms with Crippen molar-refractivity contribution in [3.63, 3.8) is 0 Å². The second-order valence-electron chi connectivity index (χ2n) is 5.56. The molecule has 2 N–H and O–H groups in total. The van der Waals surface area contributed by atoms with Gasteiger partial charge in [0.25, 0.3) is 17.5 Å². The minimum atomic E-state index is -0.865. The number of amides is 3. The minimum Gasteiger partial charge on any atom is -0.450 e. The molecule has 0 radical (unpaired) electrons. The smallest absolute Gasteiger partial charge is 0.378 e. The molecule has 3 amide bonds. The molecular weight excluding hydrogens is 316 g/mol. The molecule has 24 heavy (non-hydrogen) atoms. The molecule has 0 unspecified atom stereocenters. The van der Waals surface area contributed by atoms with Gasteiger partial charge in [0, 0.05) is 17.4 Å². The van der Waals surface area contributed by atoms with Crippen LogP contribution in [-0.4, -0.2) is 50.1 Å². The zero-order valence-corrected chi connectivity index (χ0v) is 13.2. The van der Waals surface area contributed by atoms with Crippen LogP contribution in [0.25, 0.3) is 5.78 Å². The Morgan fingerprint density at radius 3 is 2.75 bits per heavy atom. The first-order chi connectivity index (χ1) is 11.4. The fraction of sp³-hybridized carbons (Fsp3) is 0.429. The molecule has 1 saturated carbocycles. The molecular formula is C14H16N6O4. The Hall–Kier alpha value is -3.04. The molecule has 0 aromatic carbocycles. The number of carbonyl (C=O) groups excluding carboxylic acids is 3. The molecule has 1 fully saturated rings. The van der Waals surface area contributed by atoms with Crippen molar-refractivity contribution < 1.29 is 19.1 Å². The lowest BCUT2D eigenvalue weighted by molar-refractivity contribution is -0.123. The van der Waals surface area contributed by atoms with Gasteiger partial charge >= 0.3 is 12.0 Å². The van der Waals surface area contributed by atoms with Crippen molar-refractivity contribution in [2.24, 2.45) is 0 Å². The summed E-state index contributed by atoms with van der Waals surface area (Å²) in [6.45, 7) is 3.01. The summed E-state index contributed by atoms with van der Waals surface area (Å²) in [5.74, 6) is -1.52. The van der Waals surface area contributed by atoms with E-state index in [1.54, 1.807) is 19.9 Å². The summed E-state index contributed by atoms with van der Waals surface area (Å²) in [5, 5.41) is 8.66. The van der Waals surface area contributed by atoms with Gasteiger partial charge in [-0.25, -0.2) is 19.1 Å². The van der Waals surface area contributed by atoms with Gasteiger partial charge in [-0.3, -0.25) is 10.1 Å². The van der Waals surface area contributed by atoms with Gasteiger partial charge in [0.2, 0.25) is 0 Å². The topological polar surface area (TPSA) is 128 Å². The van der Waals surface area contributed by atoms with Gasteiger partial charge in [-0.1, -0.05) is 0 Å². The Bertz CT molecular complexity index is 826. The highest BCUT2D eigenvalue weighted by atomic mass is 16.5. The summed E-state index contributed by atoms with van der Waals surface area (Å²) in [4.78, 5) is 43.0. The molecule has 0 bridgehead atoms. The summed E-state index contributed by atoms with van der Waals surface area (Å²) >= 11 is 0. The Balaban J connectivity index is 1.57. The third kappa shape index (κ3) is 3.65. The number of esters is 1. The van der Waals surface area contributed by atoms with Crippen LogP contribution in [0.3, 0.4) is 0 Å². The average Bonchev–Trinajstić information content (AvgIpc) is 3.20. The summed E-state index contributed by atoms with van der Waals surface area (Å²) in [7, 11) is 0. The summed E-state index contributed by atoms with van der Waals surface area (Å²) in [5.41, 5.74) is 1.51. The predicted molar refractivity (Wildman–Crippen MR) is 80.2 cm³/mol. The summed E-state index contributed by atoms with van der Waals surface area (Å²) in [6, 6.07) is 1.32. The number of fused-ring (bicyclic) bond motifs is 1. The van der Waals surface area contributed by atoms with Crippen LogP contribution in [0.1, 0.15) is 34.8 Å². The maximum atomic E-state index is 11.9. The zero-order chi connectivity index (χ0) is 17.3. The first-order valence-corrected chi connectivity index (χ1v) is 7.41. The van der Waals surface area contributed by atoms with Crippen molar-refractivity contribution in [1.82, 2.24) is 30.2 Å². The van der Waals surface area contributed by atoms with Crippen LogP contribution >= 0.6 is 0 Å². The van der Waals surface area contributed by atoms with E-state index >= 15 is 0 Å². The third-order valence-corrected chi connectivity index (χ3v) is 3.30. The fourth-order valence-electron chi connectivity index (χ4n) is 2.06. The van der Waals surface area contributed by atoms with E-state index in [0.29, 0.717) is 0 Å². The van der Waals surface area contributed by atoms with E-state index in [-0.39, 0.29) is 17.6 Å². The number of carbonyl (C=O) groups is 3. The molecule has 3 rings (SSSR count). The number of rotatable bonds is 4. The monoisotopic (exact) mass is 332 g/mol. The lowest BCUT2D eigenvalue weighted by Crippen LogP contribution is -2.42. The molecule has 0 spiro atoms. The van der Waals surface area contributed by atoms with E-state index in [4.69, 9.17) is 4.74 Å². The number of urea groups is 1. The zero-order valence-electron chi connectivity index (χ0n) is 13.2. The van der Waals surface area contributed by atoms with E-state index in [9.17, 15) is 14.4 Å². The van der Waals surface area contributed by atoms with Gasteiger partial charge in [-0.05, 0) is 32.8 Å². The number of nitrogens with one attached hydrogen (secondary N) is 2.